The summed E-state index contributed by atoms with van der Waals surface area (Å²) in [5, 5.41) is 13.3. The molecule has 3 heterocycles. The Kier molecular flexibility index (Phi) is 3.68. The Hall–Kier alpha value is -3.30. The summed E-state index contributed by atoms with van der Waals surface area (Å²) in [6.45, 7) is 0. The number of fused-ring (bicyclic) bond motifs is 2. The van der Waals surface area contributed by atoms with Crippen LogP contribution in [0.15, 0.2) is 64.9 Å². The SMILES string of the molecule is O=S(=O)(Nc1cccs1)c1ccc2[nH]c(O)c(-c3nc4ccccc4[nH]3)c2c1. The van der Waals surface area contributed by atoms with Gasteiger partial charge < -0.3 is 15.1 Å². The Balaban J connectivity index is 1.66. The number of H-pyrrole nitrogens is 2. The van der Waals surface area contributed by atoms with E-state index in [1.165, 1.54) is 23.5 Å². The van der Waals surface area contributed by atoms with Gasteiger partial charge in [0.2, 0.25) is 5.88 Å². The molecule has 5 aromatic rings. The number of imidazole rings is 1. The monoisotopic (exact) mass is 410 g/mol. The summed E-state index contributed by atoms with van der Waals surface area (Å²) in [5.74, 6) is 0.389. The van der Waals surface area contributed by atoms with Crippen molar-refractivity contribution < 1.29 is 13.5 Å². The Morgan fingerprint density at radius 2 is 1.86 bits per heavy atom. The summed E-state index contributed by atoms with van der Waals surface area (Å²) in [6.07, 6.45) is 0. The summed E-state index contributed by atoms with van der Waals surface area (Å²) in [6, 6.07) is 15.6. The molecule has 0 aliphatic heterocycles. The normalized spacial score (nSPS) is 12.0. The third-order valence-electron chi connectivity index (χ3n) is 4.44. The van der Waals surface area contributed by atoms with Crippen molar-refractivity contribution in [2.45, 2.75) is 4.90 Å². The smallest absolute Gasteiger partial charge is 0.262 e. The lowest BCUT2D eigenvalue weighted by Crippen LogP contribution is -2.11. The number of hydrogen-bond donors (Lipinski definition) is 4. The highest BCUT2D eigenvalue weighted by atomic mass is 32.2. The molecule has 0 amide bonds. The van der Waals surface area contributed by atoms with Crippen LogP contribution >= 0.6 is 11.3 Å². The molecule has 0 spiro atoms. The van der Waals surface area contributed by atoms with Crippen molar-refractivity contribution in [3.8, 4) is 17.3 Å². The van der Waals surface area contributed by atoms with Gasteiger partial charge in [0.15, 0.2) is 0 Å². The molecule has 0 aliphatic rings. The highest BCUT2D eigenvalue weighted by molar-refractivity contribution is 7.93. The number of para-hydroxylation sites is 2. The molecule has 0 bridgehead atoms. The van der Waals surface area contributed by atoms with Crippen LogP contribution in [-0.2, 0) is 10.0 Å². The van der Waals surface area contributed by atoms with Crippen molar-refractivity contribution in [3.05, 3.63) is 60.0 Å². The average molecular weight is 410 g/mol. The fourth-order valence-electron chi connectivity index (χ4n) is 3.16. The van der Waals surface area contributed by atoms with Crippen LogP contribution in [-0.4, -0.2) is 28.5 Å². The van der Waals surface area contributed by atoms with E-state index in [9.17, 15) is 13.5 Å². The van der Waals surface area contributed by atoms with Crippen molar-refractivity contribution in [1.82, 2.24) is 15.0 Å². The van der Waals surface area contributed by atoms with Gasteiger partial charge in [-0.3, -0.25) is 4.72 Å². The van der Waals surface area contributed by atoms with E-state index in [1.54, 1.807) is 23.6 Å². The lowest BCUT2D eigenvalue weighted by atomic mass is 10.1. The Morgan fingerprint density at radius 3 is 2.64 bits per heavy atom. The van der Waals surface area contributed by atoms with E-state index in [2.05, 4.69) is 19.7 Å². The van der Waals surface area contributed by atoms with Gasteiger partial charge in [0.05, 0.1) is 21.5 Å². The van der Waals surface area contributed by atoms with Gasteiger partial charge >= 0.3 is 0 Å². The third-order valence-corrected chi connectivity index (χ3v) is 6.72. The zero-order valence-electron chi connectivity index (χ0n) is 14.3. The van der Waals surface area contributed by atoms with Gasteiger partial charge in [-0.25, -0.2) is 13.4 Å². The number of nitrogens with one attached hydrogen (secondary N) is 3. The van der Waals surface area contributed by atoms with Crippen LogP contribution in [0.3, 0.4) is 0 Å². The van der Waals surface area contributed by atoms with Gasteiger partial charge in [0.25, 0.3) is 10.0 Å². The van der Waals surface area contributed by atoms with E-state index in [4.69, 9.17) is 0 Å². The highest BCUT2D eigenvalue weighted by Gasteiger charge is 2.21. The van der Waals surface area contributed by atoms with Crippen molar-refractivity contribution in [3.63, 3.8) is 0 Å². The largest absolute Gasteiger partial charge is 0.494 e. The predicted octanol–water partition coefficient (Wildman–Crippen LogP) is 4.28. The molecule has 140 valence electrons. The minimum atomic E-state index is -3.75. The Bertz CT molecular complexity index is 1380. The van der Waals surface area contributed by atoms with Crippen LogP contribution in [0.5, 0.6) is 5.88 Å². The van der Waals surface area contributed by atoms with Crippen LogP contribution in [0.4, 0.5) is 5.00 Å². The van der Waals surface area contributed by atoms with Crippen LogP contribution in [0.25, 0.3) is 33.3 Å². The van der Waals surface area contributed by atoms with Gasteiger partial charge in [0, 0.05) is 10.9 Å². The first kappa shape index (κ1) is 16.8. The molecule has 5 rings (SSSR count). The maximum atomic E-state index is 12.7. The number of nitrogens with zero attached hydrogens (tertiary/aromatic N) is 1. The fraction of sp³-hybridized carbons (Fsp3) is 0. The summed E-state index contributed by atoms with van der Waals surface area (Å²) in [5.41, 5.74) is 2.63. The topological polar surface area (TPSA) is 111 Å². The second-order valence-corrected chi connectivity index (χ2v) is 8.87. The van der Waals surface area contributed by atoms with Crippen LogP contribution in [0.1, 0.15) is 0 Å². The van der Waals surface area contributed by atoms with Gasteiger partial charge in [-0.2, -0.15) is 0 Å². The van der Waals surface area contributed by atoms with Crippen LogP contribution in [0.2, 0.25) is 0 Å². The van der Waals surface area contributed by atoms with Crippen LogP contribution < -0.4 is 4.72 Å². The first-order valence-electron chi connectivity index (χ1n) is 8.37. The minimum absolute atomic E-state index is 0.0742. The summed E-state index contributed by atoms with van der Waals surface area (Å²) >= 11 is 1.30. The molecule has 0 atom stereocenters. The molecule has 0 saturated heterocycles. The lowest BCUT2D eigenvalue weighted by molar-refractivity contribution is 0.460. The quantitative estimate of drug-likeness (QED) is 0.354. The van der Waals surface area contributed by atoms with E-state index in [1.807, 2.05) is 24.3 Å². The number of rotatable bonds is 4. The van der Waals surface area contributed by atoms with Gasteiger partial charge in [0.1, 0.15) is 10.8 Å². The van der Waals surface area contributed by atoms with Gasteiger partial charge in [-0.15, -0.1) is 11.3 Å². The first-order chi connectivity index (χ1) is 13.5. The second kappa shape index (κ2) is 6.11. The molecule has 28 heavy (non-hydrogen) atoms. The molecule has 9 heteroatoms. The number of benzene rings is 2. The van der Waals surface area contributed by atoms with E-state index in [-0.39, 0.29) is 10.8 Å². The molecule has 0 fully saturated rings. The molecule has 3 aromatic heterocycles. The van der Waals surface area contributed by atoms with Crippen LogP contribution in [0, 0.1) is 0 Å². The van der Waals surface area contributed by atoms with E-state index < -0.39 is 10.0 Å². The molecular weight excluding hydrogens is 396 g/mol. The van der Waals surface area contributed by atoms with Crippen molar-refractivity contribution in [2.24, 2.45) is 0 Å². The number of sulfonamides is 1. The first-order valence-corrected chi connectivity index (χ1v) is 10.7. The van der Waals surface area contributed by atoms with E-state index in [0.29, 0.717) is 27.3 Å². The standard InChI is InChI=1S/C19H14N4O3S2/c24-19-17(18-20-14-4-1-2-5-15(14)21-18)12-10-11(7-8-13(12)22-19)28(25,26)23-16-6-3-9-27-16/h1-10,22-24H,(H,20,21). The van der Waals surface area contributed by atoms with Gasteiger partial charge in [-0.05, 0) is 47.8 Å². The highest BCUT2D eigenvalue weighted by Crippen LogP contribution is 2.37. The number of thiophene rings is 1. The molecular formula is C19H14N4O3S2. The molecule has 0 aliphatic carbocycles. The molecule has 7 nitrogen and oxygen atoms in total. The molecule has 2 aromatic carbocycles. The van der Waals surface area contributed by atoms with Gasteiger partial charge in [-0.1, -0.05) is 12.1 Å². The number of anilines is 1. The third kappa shape index (κ3) is 2.72. The maximum absolute atomic E-state index is 12.7. The molecule has 4 N–H and O–H groups in total. The van der Waals surface area contributed by atoms with Crippen molar-refractivity contribution in [2.75, 3.05) is 4.72 Å². The van der Waals surface area contributed by atoms with E-state index in [0.717, 1.165) is 11.0 Å². The minimum Gasteiger partial charge on any atom is -0.494 e. The molecule has 0 radical (unpaired) electrons. The van der Waals surface area contributed by atoms with E-state index >= 15 is 0 Å². The second-order valence-electron chi connectivity index (χ2n) is 6.24. The maximum Gasteiger partial charge on any atom is 0.262 e. The summed E-state index contributed by atoms with van der Waals surface area (Å²) in [4.78, 5) is 10.7. The number of aromatic nitrogens is 3. The predicted molar refractivity (Wildman–Crippen MR) is 110 cm³/mol. The summed E-state index contributed by atoms with van der Waals surface area (Å²) in [7, 11) is -3.75. The Morgan fingerprint density at radius 1 is 1.00 bits per heavy atom. The van der Waals surface area contributed by atoms with Crippen molar-refractivity contribution >= 4 is 48.3 Å². The zero-order chi connectivity index (χ0) is 19.3. The molecule has 0 saturated carbocycles. The number of aromatic hydroxyl groups is 1. The molecule has 0 unspecified atom stereocenters. The fourth-order valence-corrected chi connectivity index (χ4v) is 5.12. The zero-order valence-corrected chi connectivity index (χ0v) is 15.9. The van der Waals surface area contributed by atoms with Crippen molar-refractivity contribution in [1.29, 1.82) is 0 Å². The lowest BCUT2D eigenvalue weighted by Gasteiger charge is -2.06. The average Bonchev–Trinajstić information content (AvgIpc) is 3.37. The number of hydrogen-bond acceptors (Lipinski definition) is 5. The summed E-state index contributed by atoms with van der Waals surface area (Å²) < 4.78 is 28.0. The number of aromatic amines is 2. The Labute approximate surface area is 163 Å².